The molecule has 3 aliphatic carbocycles. The summed E-state index contributed by atoms with van der Waals surface area (Å²) in [4.78, 5) is 37.8. The normalized spacial score (nSPS) is 20.3. The van der Waals surface area contributed by atoms with Crippen molar-refractivity contribution in [3.05, 3.63) is 76.9 Å². The average molecular weight is 508 g/mol. The SMILES string of the molecule is CN(C)c1nc(NC2CCC(CNC(=O)c3cccc4c3C(=O)C3=C4C=CCC3)CC2)nc2ccccc12. The van der Waals surface area contributed by atoms with Crippen molar-refractivity contribution in [1.82, 2.24) is 15.3 Å². The molecule has 3 aliphatic rings. The van der Waals surface area contributed by atoms with Crippen LogP contribution in [0.15, 0.2) is 60.2 Å². The second-order valence-corrected chi connectivity index (χ2v) is 10.7. The van der Waals surface area contributed by atoms with Crippen LogP contribution in [0.3, 0.4) is 0 Å². The second-order valence-electron chi connectivity index (χ2n) is 10.7. The number of carbonyl (C=O) groups is 2. The summed E-state index contributed by atoms with van der Waals surface area (Å²) in [6, 6.07) is 14.0. The molecule has 0 spiro atoms. The molecule has 6 rings (SSSR count). The number of hydrogen-bond donors (Lipinski definition) is 2. The fourth-order valence-electron chi connectivity index (χ4n) is 6.00. The molecule has 0 bridgehead atoms. The Morgan fingerprint density at radius 1 is 1.03 bits per heavy atom. The highest BCUT2D eigenvalue weighted by molar-refractivity contribution is 6.26. The Bertz CT molecular complexity index is 1480. The number of para-hydroxylation sites is 1. The van der Waals surface area contributed by atoms with Gasteiger partial charge in [0.1, 0.15) is 5.82 Å². The van der Waals surface area contributed by atoms with Crippen LogP contribution >= 0.6 is 0 Å². The predicted octanol–water partition coefficient (Wildman–Crippen LogP) is 5.40. The van der Waals surface area contributed by atoms with E-state index in [0.29, 0.717) is 35.6 Å². The summed E-state index contributed by atoms with van der Waals surface area (Å²) < 4.78 is 0. The lowest BCUT2D eigenvalue weighted by Gasteiger charge is -2.29. The van der Waals surface area contributed by atoms with Crippen LogP contribution in [-0.4, -0.2) is 48.3 Å². The van der Waals surface area contributed by atoms with Crippen LogP contribution in [0.1, 0.15) is 64.8 Å². The molecule has 1 aromatic heterocycles. The molecule has 0 radical (unpaired) electrons. The average Bonchev–Trinajstić information content (AvgIpc) is 3.24. The summed E-state index contributed by atoms with van der Waals surface area (Å²) in [5, 5.41) is 7.72. The molecule has 2 aromatic carbocycles. The van der Waals surface area contributed by atoms with Crippen molar-refractivity contribution in [3.8, 4) is 0 Å². The van der Waals surface area contributed by atoms with Crippen LogP contribution in [0.25, 0.3) is 16.5 Å². The van der Waals surface area contributed by atoms with Crippen molar-refractivity contribution in [2.24, 2.45) is 5.92 Å². The van der Waals surface area contributed by atoms with Crippen molar-refractivity contribution in [3.63, 3.8) is 0 Å². The van der Waals surface area contributed by atoms with E-state index in [-0.39, 0.29) is 11.7 Å². The fourth-order valence-corrected chi connectivity index (χ4v) is 6.00. The third-order valence-electron chi connectivity index (χ3n) is 8.01. The zero-order valence-corrected chi connectivity index (χ0v) is 22.0. The highest BCUT2D eigenvalue weighted by atomic mass is 16.2. The number of hydrogen-bond acceptors (Lipinski definition) is 6. The number of rotatable bonds is 6. The molecule has 0 saturated heterocycles. The molecular formula is C31H33N5O2. The Morgan fingerprint density at radius 2 is 1.84 bits per heavy atom. The van der Waals surface area contributed by atoms with Crippen molar-refractivity contribution >= 4 is 39.9 Å². The molecule has 1 heterocycles. The Kier molecular flexibility index (Phi) is 6.44. The summed E-state index contributed by atoms with van der Waals surface area (Å²) >= 11 is 0. The van der Waals surface area contributed by atoms with E-state index < -0.39 is 0 Å². The lowest BCUT2D eigenvalue weighted by atomic mass is 9.86. The predicted molar refractivity (Wildman–Crippen MR) is 152 cm³/mol. The number of allylic oxidation sites excluding steroid dienone is 4. The molecule has 1 saturated carbocycles. The number of nitrogens with one attached hydrogen (secondary N) is 2. The molecular weight excluding hydrogens is 474 g/mol. The number of aromatic nitrogens is 2. The minimum absolute atomic E-state index is 0.0185. The summed E-state index contributed by atoms with van der Waals surface area (Å²) in [5.41, 5.74) is 4.74. The fraction of sp³-hybridized carbons (Fsp3) is 0.355. The van der Waals surface area contributed by atoms with Gasteiger partial charge in [0.2, 0.25) is 5.95 Å². The molecule has 1 fully saturated rings. The van der Waals surface area contributed by atoms with E-state index in [1.807, 2.05) is 55.4 Å². The first-order chi connectivity index (χ1) is 18.5. The number of Topliss-reactive ketones (excluding diaryl/α,β-unsaturated/α-hetero) is 1. The quantitative estimate of drug-likeness (QED) is 0.465. The van der Waals surface area contributed by atoms with Gasteiger partial charge in [-0.25, -0.2) is 4.98 Å². The van der Waals surface area contributed by atoms with E-state index in [0.717, 1.165) is 72.0 Å². The molecule has 1 amide bonds. The van der Waals surface area contributed by atoms with Gasteiger partial charge in [0.05, 0.1) is 11.1 Å². The zero-order valence-electron chi connectivity index (χ0n) is 22.0. The molecule has 0 unspecified atom stereocenters. The number of nitrogens with zero attached hydrogens (tertiary/aromatic N) is 3. The van der Waals surface area contributed by atoms with Crippen LogP contribution in [0.5, 0.6) is 0 Å². The number of fused-ring (bicyclic) bond motifs is 3. The Balaban J connectivity index is 1.06. The maximum atomic E-state index is 13.2. The van der Waals surface area contributed by atoms with Crippen molar-refractivity contribution in [1.29, 1.82) is 0 Å². The minimum Gasteiger partial charge on any atom is -0.362 e. The van der Waals surface area contributed by atoms with Gasteiger partial charge in [-0.1, -0.05) is 36.4 Å². The number of anilines is 2. The Labute approximate surface area is 223 Å². The lowest BCUT2D eigenvalue weighted by Crippen LogP contribution is -2.34. The van der Waals surface area contributed by atoms with Crippen LogP contribution in [0.4, 0.5) is 11.8 Å². The van der Waals surface area contributed by atoms with Crippen molar-refractivity contribution < 1.29 is 9.59 Å². The van der Waals surface area contributed by atoms with Gasteiger partial charge in [0.15, 0.2) is 5.78 Å². The zero-order chi connectivity index (χ0) is 26.2. The van der Waals surface area contributed by atoms with E-state index in [2.05, 4.69) is 22.8 Å². The highest BCUT2D eigenvalue weighted by Crippen LogP contribution is 2.40. The van der Waals surface area contributed by atoms with Crippen LogP contribution < -0.4 is 15.5 Å². The van der Waals surface area contributed by atoms with Gasteiger partial charge in [0.25, 0.3) is 5.91 Å². The van der Waals surface area contributed by atoms with Gasteiger partial charge in [-0.15, -0.1) is 0 Å². The second kappa shape index (κ2) is 10.0. The third kappa shape index (κ3) is 4.46. The molecule has 0 aliphatic heterocycles. The Hall–Kier alpha value is -4.00. The monoisotopic (exact) mass is 507 g/mol. The summed E-state index contributed by atoms with van der Waals surface area (Å²) in [5.74, 6) is 1.85. The van der Waals surface area contributed by atoms with E-state index in [4.69, 9.17) is 9.97 Å². The minimum atomic E-state index is -0.153. The lowest BCUT2D eigenvalue weighted by molar-refractivity contribution is 0.0932. The number of carbonyl (C=O) groups excluding carboxylic acids is 2. The maximum Gasteiger partial charge on any atom is 0.252 e. The number of benzene rings is 2. The smallest absolute Gasteiger partial charge is 0.252 e. The molecule has 38 heavy (non-hydrogen) atoms. The van der Waals surface area contributed by atoms with Crippen molar-refractivity contribution in [2.75, 3.05) is 30.9 Å². The first-order valence-corrected chi connectivity index (χ1v) is 13.6. The maximum absolute atomic E-state index is 13.2. The molecule has 3 aromatic rings. The first-order valence-electron chi connectivity index (χ1n) is 13.6. The molecule has 194 valence electrons. The summed E-state index contributed by atoms with van der Waals surface area (Å²) in [7, 11) is 4.00. The standard InChI is InChI=1S/C31H33N5O2/c1-36(2)29-24-10-5-6-13-26(24)34-31(35-29)33-20-16-14-19(15-17-20)18-32-30(38)25-12-7-11-22-21-8-3-4-9-23(21)28(37)27(22)25/h3,5-8,10-13,19-20H,4,9,14-18H2,1-2H3,(H,32,38)(H,33,34,35). The van der Waals surface area contributed by atoms with Gasteiger partial charge in [0, 0.05) is 43.2 Å². The Morgan fingerprint density at radius 3 is 2.66 bits per heavy atom. The van der Waals surface area contributed by atoms with Gasteiger partial charge >= 0.3 is 0 Å². The molecule has 7 heteroatoms. The molecule has 0 atom stereocenters. The van der Waals surface area contributed by atoms with Crippen molar-refractivity contribution in [2.45, 2.75) is 44.6 Å². The molecule has 2 N–H and O–H groups in total. The van der Waals surface area contributed by atoms with E-state index in [9.17, 15) is 9.59 Å². The largest absolute Gasteiger partial charge is 0.362 e. The topological polar surface area (TPSA) is 87.2 Å². The summed E-state index contributed by atoms with van der Waals surface area (Å²) in [6.07, 6.45) is 9.77. The summed E-state index contributed by atoms with van der Waals surface area (Å²) in [6.45, 7) is 0.619. The third-order valence-corrected chi connectivity index (χ3v) is 8.01. The van der Waals surface area contributed by atoms with Gasteiger partial charge < -0.3 is 15.5 Å². The van der Waals surface area contributed by atoms with Crippen LogP contribution in [0, 0.1) is 5.92 Å². The number of amides is 1. The van der Waals surface area contributed by atoms with Gasteiger partial charge in [-0.3, -0.25) is 9.59 Å². The van der Waals surface area contributed by atoms with Gasteiger partial charge in [-0.2, -0.15) is 4.98 Å². The first kappa shape index (κ1) is 24.3. The highest BCUT2D eigenvalue weighted by Gasteiger charge is 2.33. The van der Waals surface area contributed by atoms with E-state index >= 15 is 0 Å². The molecule has 7 nitrogen and oxygen atoms in total. The van der Waals surface area contributed by atoms with Gasteiger partial charge in [-0.05, 0) is 73.8 Å². The number of ketones is 1. The van der Waals surface area contributed by atoms with E-state index in [1.165, 1.54) is 0 Å². The van der Waals surface area contributed by atoms with Crippen LogP contribution in [0.2, 0.25) is 0 Å². The van der Waals surface area contributed by atoms with Crippen LogP contribution in [-0.2, 0) is 0 Å². The van der Waals surface area contributed by atoms with E-state index in [1.54, 1.807) is 6.07 Å².